The Bertz CT molecular complexity index is 1330. The van der Waals surface area contributed by atoms with Crippen LogP contribution in [-0.2, 0) is 11.0 Å². The molecule has 1 aromatic heterocycles. The number of benzene rings is 2. The van der Waals surface area contributed by atoms with Crippen LogP contribution in [0.4, 0.5) is 27.6 Å². The average molecular weight is 520 g/mol. The SMILES string of the molecule is O=C(C#Cc1cc(F)cc(F)c1)Nc1cc(-c2ncc(C(F)(F)F)[nH]2)ccc1OCCN1CCC(O)C1. The van der Waals surface area contributed by atoms with Crippen LogP contribution in [0.15, 0.2) is 42.6 Å². The number of likely N-dealkylation sites (tertiary alicyclic amines) is 1. The molecule has 3 N–H and O–H groups in total. The topological polar surface area (TPSA) is 90.5 Å². The zero-order chi connectivity index (χ0) is 26.6. The van der Waals surface area contributed by atoms with Crippen molar-refractivity contribution in [2.24, 2.45) is 0 Å². The van der Waals surface area contributed by atoms with E-state index in [4.69, 9.17) is 4.74 Å². The number of carbonyl (C=O) groups excluding carboxylic acids is 1. The van der Waals surface area contributed by atoms with Gasteiger partial charge in [-0.1, -0.05) is 5.92 Å². The third-order valence-electron chi connectivity index (χ3n) is 5.48. The molecule has 1 fully saturated rings. The van der Waals surface area contributed by atoms with Gasteiger partial charge in [-0.15, -0.1) is 0 Å². The van der Waals surface area contributed by atoms with Crippen molar-refractivity contribution < 1.29 is 36.6 Å². The van der Waals surface area contributed by atoms with Crippen LogP contribution in [0.5, 0.6) is 5.75 Å². The van der Waals surface area contributed by atoms with Crippen molar-refractivity contribution in [2.75, 3.05) is 31.6 Å². The molecule has 0 saturated carbocycles. The van der Waals surface area contributed by atoms with Crippen molar-refractivity contribution in [1.82, 2.24) is 14.9 Å². The molecule has 37 heavy (non-hydrogen) atoms. The number of aromatic amines is 1. The summed E-state index contributed by atoms with van der Waals surface area (Å²) in [5.74, 6) is 2.17. The van der Waals surface area contributed by atoms with Crippen molar-refractivity contribution in [3.8, 4) is 29.0 Å². The van der Waals surface area contributed by atoms with E-state index in [0.29, 0.717) is 38.3 Å². The molecule has 194 valence electrons. The van der Waals surface area contributed by atoms with Gasteiger partial charge in [-0.3, -0.25) is 9.69 Å². The number of hydrogen-bond acceptors (Lipinski definition) is 5. The van der Waals surface area contributed by atoms with E-state index in [9.17, 15) is 31.9 Å². The lowest BCUT2D eigenvalue weighted by atomic mass is 10.1. The number of imidazole rings is 1. The number of halogens is 5. The third kappa shape index (κ3) is 7.05. The van der Waals surface area contributed by atoms with Crippen LogP contribution in [0.2, 0.25) is 0 Å². The predicted octanol–water partition coefficient (Wildman–Crippen LogP) is 3.81. The van der Waals surface area contributed by atoms with Crippen LogP contribution in [0.25, 0.3) is 11.4 Å². The van der Waals surface area contributed by atoms with E-state index in [1.54, 1.807) is 0 Å². The van der Waals surface area contributed by atoms with Gasteiger partial charge >= 0.3 is 12.1 Å². The Morgan fingerprint density at radius 2 is 1.97 bits per heavy atom. The lowest BCUT2D eigenvalue weighted by Gasteiger charge is -2.17. The number of aliphatic hydroxyl groups excluding tert-OH is 1. The van der Waals surface area contributed by atoms with Gasteiger partial charge in [0.15, 0.2) is 0 Å². The number of aliphatic hydroxyl groups is 1. The standard InChI is InChI=1S/C25H21F5N4O3/c26-17-9-15(10-18(27)12-17)1-4-23(36)32-20-11-16(24-31-13-22(33-24)25(28,29)30)2-3-21(20)37-8-7-34-6-5-19(35)14-34/h2-3,9-13,19,35H,5-8,14H2,(H,31,33)(H,32,36). The summed E-state index contributed by atoms with van der Waals surface area (Å²) < 4.78 is 71.4. The molecule has 7 nitrogen and oxygen atoms in total. The second-order valence-corrected chi connectivity index (χ2v) is 8.31. The maximum atomic E-state index is 13.4. The fourth-order valence-corrected chi connectivity index (χ4v) is 3.72. The van der Waals surface area contributed by atoms with Crippen LogP contribution in [0.3, 0.4) is 0 Å². The zero-order valence-electron chi connectivity index (χ0n) is 19.2. The quantitative estimate of drug-likeness (QED) is 0.340. The Morgan fingerprint density at radius 1 is 1.22 bits per heavy atom. The fourth-order valence-electron chi connectivity index (χ4n) is 3.72. The van der Waals surface area contributed by atoms with Gasteiger partial charge in [0.1, 0.15) is 35.5 Å². The van der Waals surface area contributed by atoms with Gasteiger partial charge in [-0.25, -0.2) is 13.8 Å². The summed E-state index contributed by atoms with van der Waals surface area (Å²) in [5.41, 5.74) is -0.745. The summed E-state index contributed by atoms with van der Waals surface area (Å²) in [5, 5.41) is 12.1. The van der Waals surface area contributed by atoms with Gasteiger partial charge in [0.25, 0.3) is 0 Å². The summed E-state index contributed by atoms with van der Waals surface area (Å²) in [4.78, 5) is 20.4. The van der Waals surface area contributed by atoms with Crippen molar-refractivity contribution in [1.29, 1.82) is 0 Å². The van der Waals surface area contributed by atoms with Crippen molar-refractivity contribution in [3.63, 3.8) is 0 Å². The minimum absolute atomic E-state index is 0.0547. The van der Waals surface area contributed by atoms with E-state index in [1.165, 1.54) is 18.2 Å². The number of alkyl halides is 3. The lowest BCUT2D eigenvalue weighted by Crippen LogP contribution is -2.27. The minimum Gasteiger partial charge on any atom is -0.490 e. The molecule has 1 atom stereocenters. The van der Waals surface area contributed by atoms with Gasteiger partial charge in [0.2, 0.25) is 0 Å². The van der Waals surface area contributed by atoms with Gasteiger partial charge in [-0.05, 0) is 36.8 Å². The first-order valence-electron chi connectivity index (χ1n) is 11.2. The predicted molar refractivity (Wildman–Crippen MR) is 123 cm³/mol. The lowest BCUT2D eigenvalue weighted by molar-refractivity contribution is -0.140. The second kappa shape index (κ2) is 11.0. The largest absolute Gasteiger partial charge is 0.490 e. The van der Waals surface area contributed by atoms with Gasteiger partial charge in [0, 0.05) is 42.7 Å². The molecule has 2 aromatic carbocycles. The molecule has 0 aliphatic carbocycles. The normalized spacial score (nSPS) is 15.8. The van der Waals surface area contributed by atoms with Crippen LogP contribution in [0, 0.1) is 23.5 Å². The van der Waals surface area contributed by atoms with Crippen molar-refractivity contribution in [2.45, 2.75) is 18.7 Å². The number of ether oxygens (including phenoxy) is 1. The fraction of sp³-hybridized carbons (Fsp3) is 0.280. The number of β-amino-alcohol motifs (C(OH)–C–C–N with tert-alkyl or cyclic N) is 1. The van der Waals surface area contributed by atoms with E-state index < -0.39 is 35.5 Å². The number of nitrogens with one attached hydrogen (secondary N) is 2. The van der Waals surface area contributed by atoms with Crippen LogP contribution in [-0.4, -0.2) is 58.2 Å². The summed E-state index contributed by atoms with van der Waals surface area (Å²) in [7, 11) is 0. The molecule has 2 heterocycles. The van der Waals surface area contributed by atoms with E-state index in [-0.39, 0.29) is 35.0 Å². The number of rotatable bonds is 6. The number of aromatic nitrogens is 2. The molecule has 0 bridgehead atoms. The molecule has 4 rings (SSSR count). The molecular weight excluding hydrogens is 499 g/mol. The van der Waals surface area contributed by atoms with Crippen molar-refractivity contribution >= 4 is 11.6 Å². The monoisotopic (exact) mass is 520 g/mol. The highest BCUT2D eigenvalue weighted by Gasteiger charge is 2.33. The molecule has 1 saturated heterocycles. The average Bonchev–Trinajstić information content (AvgIpc) is 3.47. The summed E-state index contributed by atoms with van der Waals surface area (Å²) in [6.07, 6.45) is -3.69. The van der Waals surface area contributed by atoms with E-state index in [1.807, 2.05) is 4.90 Å². The van der Waals surface area contributed by atoms with Gasteiger partial charge in [0.05, 0.1) is 18.0 Å². The highest BCUT2D eigenvalue weighted by atomic mass is 19.4. The summed E-state index contributed by atoms with van der Waals surface area (Å²) >= 11 is 0. The zero-order valence-corrected chi connectivity index (χ0v) is 19.2. The van der Waals surface area contributed by atoms with Crippen LogP contribution >= 0.6 is 0 Å². The Hall–Kier alpha value is -3.95. The number of H-pyrrole nitrogens is 1. The maximum Gasteiger partial charge on any atom is 0.432 e. The first-order chi connectivity index (χ1) is 17.6. The number of carbonyl (C=O) groups is 1. The van der Waals surface area contributed by atoms with Gasteiger partial charge < -0.3 is 20.1 Å². The molecule has 12 heteroatoms. The smallest absolute Gasteiger partial charge is 0.432 e. The molecule has 0 radical (unpaired) electrons. The first kappa shape index (κ1) is 26.1. The summed E-state index contributed by atoms with van der Waals surface area (Å²) in [6, 6.07) is 6.91. The second-order valence-electron chi connectivity index (χ2n) is 8.31. The Balaban J connectivity index is 1.54. The Morgan fingerprint density at radius 3 is 2.62 bits per heavy atom. The third-order valence-corrected chi connectivity index (χ3v) is 5.48. The maximum absolute atomic E-state index is 13.4. The van der Waals surface area contributed by atoms with Crippen LogP contribution in [0.1, 0.15) is 17.7 Å². The van der Waals surface area contributed by atoms with E-state index in [0.717, 1.165) is 12.1 Å². The highest BCUT2D eigenvalue weighted by Crippen LogP contribution is 2.33. The number of nitrogens with zero attached hydrogens (tertiary/aromatic N) is 2. The van der Waals surface area contributed by atoms with E-state index >= 15 is 0 Å². The first-order valence-corrected chi connectivity index (χ1v) is 11.2. The number of anilines is 1. The molecular formula is C25H21F5N4O3. The summed E-state index contributed by atoms with van der Waals surface area (Å²) in [6.45, 7) is 1.94. The molecule has 1 unspecified atom stereocenters. The Kier molecular flexibility index (Phi) is 7.75. The van der Waals surface area contributed by atoms with E-state index in [2.05, 4.69) is 27.1 Å². The van der Waals surface area contributed by atoms with Crippen LogP contribution < -0.4 is 10.1 Å². The molecule has 0 spiro atoms. The Labute approximate surface area is 208 Å². The molecule has 3 aromatic rings. The minimum atomic E-state index is -4.61. The highest BCUT2D eigenvalue weighted by molar-refractivity contribution is 6.05. The molecule has 1 amide bonds. The molecule has 1 aliphatic heterocycles. The molecule has 1 aliphatic rings. The number of amides is 1. The number of hydrogen-bond donors (Lipinski definition) is 3. The van der Waals surface area contributed by atoms with Crippen molar-refractivity contribution in [3.05, 3.63) is 65.5 Å². The van der Waals surface area contributed by atoms with Gasteiger partial charge in [-0.2, -0.15) is 13.2 Å².